The minimum absolute atomic E-state index is 0.0198. The minimum Gasteiger partial charge on any atom is -0.465 e. The largest absolute Gasteiger partial charge is 0.465 e. The molecule has 1 spiro atoms. The third-order valence-corrected chi connectivity index (χ3v) is 13.4. The van der Waals surface area contributed by atoms with Gasteiger partial charge in [0, 0.05) is 51.0 Å². The molecule has 2 aliphatic heterocycles. The highest BCUT2D eigenvalue weighted by atomic mass is 16.6. The van der Waals surface area contributed by atoms with Crippen LogP contribution >= 0.6 is 0 Å². The minimum atomic E-state index is -1.41. The number of carboxylic acid groups (broad SMARTS) is 1. The van der Waals surface area contributed by atoms with E-state index in [-0.39, 0.29) is 67.9 Å². The summed E-state index contributed by atoms with van der Waals surface area (Å²) in [5, 5.41) is 26.0. The lowest BCUT2D eigenvalue weighted by Gasteiger charge is -2.54. The van der Waals surface area contributed by atoms with E-state index in [2.05, 4.69) is 31.9 Å². The van der Waals surface area contributed by atoms with E-state index in [1.165, 1.54) is 0 Å². The molecular formula is C57H80N8O11. The van der Waals surface area contributed by atoms with Crippen molar-refractivity contribution in [2.24, 2.45) is 17.3 Å². The summed E-state index contributed by atoms with van der Waals surface area (Å²) in [6.45, 7) is 15.1. The molecule has 3 aromatic carbocycles. The molecule has 19 nitrogen and oxygen atoms in total. The van der Waals surface area contributed by atoms with Crippen LogP contribution in [0.2, 0.25) is 0 Å². The van der Waals surface area contributed by atoms with Gasteiger partial charge in [-0.1, -0.05) is 119 Å². The number of benzene rings is 3. The monoisotopic (exact) mass is 1050 g/mol. The first-order chi connectivity index (χ1) is 36.1. The number of amides is 8. The molecule has 2 saturated heterocycles. The van der Waals surface area contributed by atoms with Gasteiger partial charge in [-0.05, 0) is 94.2 Å². The molecule has 0 aliphatic carbocycles. The summed E-state index contributed by atoms with van der Waals surface area (Å²) >= 11 is 0. The van der Waals surface area contributed by atoms with Crippen molar-refractivity contribution in [3.8, 4) is 0 Å². The Bertz CT molecular complexity index is 2380. The average molecular weight is 1050 g/mol. The predicted molar refractivity (Wildman–Crippen MR) is 286 cm³/mol. The fraction of sp³-hybridized carbons (Fsp3) is 0.544. The van der Waals surface area contributed by atoms with Crippen molar-refractivity contribution in [3.05, 3.63) is 108 Å². The van der Waals surface area contributed by atoms with Gasteiger partial charge in [0.25, 0.3) is 0 Å². The Balaban J connectivity index is 1.26. The number of piperidine rings is 1. The van der Waals surface area contributed by atoms with Crippen molar-refractivity contribution in [2.45, 2.75) is 149 Å². The van der Waals surface area contributed by atoms with Crippen molar-refractivity contribution < 1.29 is 52.9 Å². The average Bonchev–Trinajstić information content (AvgIpc) is 3.35. The standard InChI is InChI=1S/C57H80N8O11/c1-38(2)31-44(60-49(67)45(33-40-19-11-8-12-20-40)61-50(68)46(62-53(71)72)34-41-21-13-9-14-22-41)48(66)59-43(25-17-18-28-58-54(73)76-56(5,6)7)51(69)65-36-57(37-65)26-29-64(30-27-57)52(70)47(32-39(3)4)63-55(74)75-35-42-23-15-10-16-24-42/h8-16,19-24,38-39,43-47,62H,17-18,25-37H2,1-7H3,(H,58,73)(H,59,66)(H,60,67)(H,61,68)(H,63,74)(H,71,72)/t43-,44-,45-,46-,47-/m1/s1. The molecule has 2 aliphatic rings. The van der Waals surface area contributed by atoms with Crippen LogP contribution in [0.5, 0.6) is 0 Å². The van der Waals surface area contributed by atoms with E-state index in [1.807, 2.05) is 64.1 Å². The summed E-state index contributed by atoms with van der Waals surface area (Å²) < 4.78 is 10.8. The van der Waals surface area contributed by atoms with Gasteiger partial charge >= 0.3 is 18.3 Å². The third kappa shape index (κ3) is 19.8. The Hall–Kier alpha value is -7.18. The number of hydrogen-bond acceptors (Lipinski definition) is 10. The Labute approximate surface area is 447 Å². The molecule has 0 unspecified atom stereocenters. The van der Waals surface area contributed by atoms with Crippen LogP contribution in [0, 0.1) is 17.3 Å². The summed E-state index contributed by atoms with van der Waals surface area (Å²) in [7, 11) is 0. The SMILES string of the molecule is CC(C)C[C@@H](NC(=O)[C@@H](Cc1ccccc1)NC(=O)[C@@H](Cc1ccccc1)NC(=O)O)C(=O)N[C@H](CCCCNC(=O)OC(C)(C)C)C(=O)N1CC2(CCN(C(=O)[C@@H](CC(C)C)NC(=O)OCc3ccccc3)CC2)C1. The van der Waals surface area contributed by atoms with E-state index in [0.717, 1.165) is 5.56 Å². The van der Waals surface area contributed by atoms with E-state index < -0.39 is 71.8 Å². The van der Waals surface area contributed by atoms with E-state index >= 15 is 0 Å². The first-order valence-corrected chi connectivity index (χ1v) is 26.6. The molecule has 7 N–H and O–H groups in total. The highest BCUT2D eigenvalue weighted by Gasteiger charge is 2.49. The van der Waals surface area contributed by atoms with E-state index in [4.69, 9.17) is 9.47 Å². The molecule has 3 aromatic rings. The Kier molecular flexibility index (Phi) is 22.5. The van der Waals surface area contributed by atoms with Crippen LogP contribution in [0.15, 0.2) is 91.0 Å². The molecule has 5 rings (SSSR count). The summed E-state index contributed by atoms with van der Waals surface area (Å²) in [6, 6.07) is 21.8. The zero-order valence-electron chi connectivity index (χ0n) is 45.2. The lowest BCUT2D eigenvalue weighted by molar-refractivity contribution is -0.153. The highest BCUT2D eigenvalue weighted by molar-refractivity contribution is 5.95. The number of unbranched alkanes of at least 4 members (excludes halogenated alkanes) is 1. The van der Waals surface area contributed by atoms with Gasteiger partial charge < -0.3 is 56.3 Å². The van der Waals surface area contributed by atoms with Crippen molar-refractivity contribution in [1.82, 2.24) is 41.7 Å². The fourth-order valence-electron chi connectivity index (χ4n) is 9.50. The summed E-state index contributed by atoms with van der Waals surface area (Å²) in [5.41, 5.74) is 1.30. The highest BCUT2D eigenvalue weighted by Crippen LogP contribution is 2.41. The molecule has 19 heteroatoms. The molecule has 2 fully saturated rings. The number of likely N-dealkylation sites (tertiary alicyclic amines) is 2. The van der Waals surface area contributed by atoms with Crippen LogP contribution in [-0.4, -0.2) is 131 Å². The van der Waals surface area contributed by atoms with Crippen molar-refractivity contribution in [1.29, 1.82) is 0 Å². The summed E-state index contributed by atoms with van der Waals surface area (Å²) in [5.74, 6) is -2.46. The molecule has 8 amide bonds. The maximum atomic E-state index is 14.5. The van der Waals surface area contributed by atoms with Gasteiger partial charge in [-0.3, -0.25) is 24.0 Å². The molecule has 0 aromatic heterocycles. The van der Waals surface area contributed by atoms with Crippen LogP contribution < -0.4 is 31.9 Å². The molecule has 414 valence electrons. The van der Waals surface area contributed by atoms with Crippen molar-refractivity contribution in [2.75, 3.05) is 32.7 Å². The first-order valence-electron chi connectivity index (χ1n) is 26.6. The second-order valence-electron chi connectivity index (χ2n) is 22.0. The molecule has 76 heavy (non-hydrogen) atoms. The number of carbonyl (C=O) groups is 8. The maximum Gasteiger partial charge on any atom is 0.408 e. The molecule has 5 atom stereocenters. The maximum absolute atomic E-state index is 14.5. The number of hydrogen-bond donors (Lipinski definition) is 7. The topological polar surface area (TPSA) is 254 Å². The number of nitrogens with zero attached hydrogens (tertiary/aromatic N) is 2. The van der Waals surface area contributed by atoms with Gasteiger partial charge in [0.2, 0.25) is 29.5 Å². The van der Waals surface area contributed by atoms with Crippen molar-refractivity contribution in [3.63, 3.8) is 0 Å². The quantitative estimate of drug-likeness (QED) is 0.0478. The number of ether oxygens (including phenoxy) is 2. The second kappa shape index (κ2) is 28.6. The normalized spacial score (nSPS) is 16.0. The van der Waals surface area contributed by atoms with Crippen LogP contribution in [0.25, 0.3) is 0 Å². The number of nitrogens with one attached hydrogen (secondary N) is 6. The first kappa shape index (κ1) is 59.7. The number of alkyl carbamates (subject to hydrolysis) is 2. The van der Waals surface area contributed by atoms with E-state index in [0.29, 0.717) is 69.4 Å². The molecular weight excluding hydrogens is 973 g/mol. The second-order valence-corrected chi connectivity index (χ2v) is 22.0. The fourth-order valence-corrected chi connectivity index (χ4v) is 9.50. The Morgan fingerprint density at radius 3 is 1.54 bits per heavy atom. The third-order valence-electron chi connectivity index (χ3n) is 13.4. The lowest BCUT2D eigenvalue weighted by atomic mass is 9.71. The number of carbonyl (C=O) groups excluding carboxylic acids is 7. The summed E-state index contributed by atoms with van der Waals surface area (Å²) in [6.07, 6.45) is 0.407. The molecule has 0 radical (unpaired) electrons. The van der Waals surface area contributed by atoms with E-state index in [9.17, 15) is 43.5 Å². The smallest absolute Gasteiger partial charge is 0.408 e. The van der Waals surface area contributed by atoms with Crippen LogP contribution in [0.4, 0.5) is 14.4 Å². The molecule has 2 heterocycles. The van der Waals surface area contributed by atoms with Gasteiger partial charge in [0.1, 0.15) is 42.4 Å². The van der Waals surface area contributed by atoms with Crippen LogP contribution in [-0.2, 0) is 52.9 Å². The van der Waals surface area contributed by atoms with Gasteiger partial charge in [-0.2, -0.15) is 0 Å². The molecule has 0 saturated carbocycles. The van der Waals surface area contributed by atoms with Crippen molar-refractivity contribution >= 4 is 47.8 Å². The lowest BCUT2D eigenvalue weighted by Crippen LogP contribution is -2.66. The van der Waals surface area contributed by atoms with Gasteiger partial charge in [0.05, 0.1) is 0 Å². The molecule has 0 bridgehead atoms. The predicted octanol–water partition coefficient (Wildman–Crippen LogP) is 6.10. The Morgan fingerprint density at radius 2 is 1.03 bits per heavy atom. The zero-order chi connectivity index (χ0) is 55.4. The van der Waals surface area contributed by atoms with Crippen LogP contribution in [0.3, 0.4) is 0 Å². The van der Waals surface area contributed by atoms with E-state index in [1.54, 1.807) is 85.2 Å². The van der Waals surface area contributed by atoms with Gasteiger partial charge in [0.15, 0.2) is 0 Å². The van der Waals surface area contributed by atoms with Crippen LogP contribution in [0.1, 0.15) is 110 Å². The Morgan fingerprint density at radius 1 is 0.566 bits per heavy atom. The van der Waals surface area contributed by atoms with Gasteiger partial charge in [-0.15, -0.1) is 0 Å². The zero-order valence-corrected chi connectivity index (χ0v) is 45.2. The number of rotatable bonds is 25. The van der Waals surface area contributed by atoms with Gasteiger partial charge in [-0.25, -0.2) is 14.4 Å². The summed E-state index contributed by atoms with van der Waals surface area (Å²) in [4.78, 5) is 112.